The van der Waals surface area contributed by atoms with Crippen LogP contribution in [0.25, 0.3) is 11.3 Å². The first-order chi connectivity index (χ1) is 11.9. The first kappa shape index (κ1) is 17.6. The fraction of sp³-hybridized carbons (Fsp3) is 0.263. The van der Waals surface area contributed by atoms with Gasteiger partial charge in [0.15, 0.2) is 3.95 Å². The highest BCUT2D eigenvalue weighted by Gasteiger charge is 2.15. The van der Waals surface area contributed by atoms with Crippen molar-refractivity contribution in [2.24, 2.45) is 0 Å². The lowest BCUT2D eigenvalue weighted by Gasteiger charge is -2.17. The lowest BCUT2D eigenvalue weighted by Crippen LogP contribution is -2.29. The minimum atomic E-state index is -0.00286. The van der Waals surface area contributed by atoms with Crippen LogP contribution in [0, 0.1) is 17.8 Å². The van der Waals surface area contributed by atoms with Crippen molar-refractivity contribution in [2.45, 2.75) is 26.9 Å². The van der Waals surface area contributed by atoms with E-state index in [2.05, 4.69) is 31.2 Å². The fourth-order valence-electron chi connectivity index (χ4n) is 2.58. The van der Waals surface area contributed by atoms with Gasteiger partial charge >= 0.3 is 0 Å². The number of furan rings is 1. The number of likely N-dealkylation sites (N-methyl/N-ethyl adjacent to an activating group) is 1. The minimum Gasteiger partial charge on any atom is -0.464 e. The van der Waals surface area contributed by atoms with E-state index in [-0.39, 0.29) is 12.5 Å². The van der Waals surface area contributed by atoms with Gasteiger partial charge in [-0.3, -0.25) is 4.79 Å². The van der Waals surface area contributed by atoms with Gasteiger partial charge in [0.1, 0.15) is 18.1 Å². The van der Waals surface area contributed by atoms with E-state index in [9.17, 15) is 4.79 Å². The Morgan fingerprint density at radius 3 is 2.56 bits per heavy atom. The van der Waals surface area contributed by atoms with Crippen LogP contribution in [0.3, 0.4) is 0 Å². The molecule has 0 fully saturated rings. The summed E-state index contributed by atoms with van der Waals surface area (Å²) in [6.45, 7) is 4.62. The monoisotopic (exact) mass is 372 g/mol. The molecule has 0 aliphatic rings. The Morgan fingerprint density at radius 1 is 1.20 bits per heavy atom. The average molecular weight is 373 g/mol. The van der Waals surface area contributed by atoms with E-state index < -0.39 is 0 Å². The van der Waals surface area contributed by atoms with E-state index in [1.54, 1.807) is 11.9 Å². The molecule has 3 aromatic rings. The predicted molar refractivity (Wildman–Crippen MR) is 103 cm³/mol. The van der Waals surface area contributed by atoms with E-state index >= 15 is 0 Å². The molecule has 6 heteroatoms. The van der Waals surface area contributed by atoms with Crippen molar-refractivity contribution in [3.63, 3.8) is 0 Å². The summed E-state index contributed by atoms with van der Waals surface area (Å²) in [6.07, 6.45) is 0. The van der Waals surface area contributed by atoms with E-state index in [0.29, 0.717) is 10.5 Å². The van der Waals surface area contributed by atoms with Gasteiger partial charge in [-0.1, -0.05) is 29.8 Å². The zero-order chi connectivity index (χ0) is 18.0. The van der Waals surface area contributed by atoms with Crippen molar-refractivity contribution in [3.05, 3.63) is 62.8 Å². The van der Waals surface area contributed by atoms with Crippen LogP contribution in [0.1, 0.15) is 17.1 Å². The molecule has 0 atom stereocenters. The van der Waals surface area contributed by atoms with Gasteiger partial charge in [-0.2, -0.15) is 0 Å². The number of aromatic nitrogens is 1. The molecule has 0 aliphatic carbocycles. The van der Waals surface area contributed by atoms with Crippen LogP contribution in [-0.2, 0) is 17.9 Å². The molecule has 0 radical (unpaired) electrons. The number of nitrogens with zero attached hydrogens (tertiary/aromatic N) is 2. The number of carbonyl (C=O) groups is 1. The second-order valence-electron chi connectivity index (χ2n) is 6.10. The summed E-state index contributed by atoms with van der Waals surface area (Å²) in [4.78, 5) is 14.3. The smallest absolute Gasteiger partial charge is 0.242 e. The summed E-state index contributed by atoms with van der Waals surface area (Å²) in [6, 6.07) is 12.0. The highest BCUT2D eigenvalue weighted by Crippen LogP contribution is 2.24. The molecule has 0 aliphatic heterocycles. The summed E-state index contributed by atoms with van der Waals surface area (Å²) in [5, 5.41) is 2.01. The summed E-state index contributed by atoms with van der Waals surface area (Å²) < 4.78 is 8.15. The second-order valence-corrected chi connectivity index (χ2v) is 7.60. The van der Waals surface area contributed by atoms with Gasteiger partial charge in [0.25, 0.3) is 0 Å². The predicted octanol–water partition coefficient (Wildman–Crippen LogP) is 4.81. The van der Waals surface area contributed by atoms with Crippen LogP contribution in [0.4, 0.5) is 0 Å². The number of benzene rings is 1. The molecule has 2 aromatic heterocycles. The summed E-state index contributed by atoms with van der Waals surface area (Å²) in [5.41, 5.74) is 3.24. The highest BCUT2D eigenvalue weighted by molar-refractivity contribution is 7.73. The van der Waals surface area contributed by atoms with Crippen molar-refractivity contribution in [1.82, 2.24) is 9.47 Å². The van der Waals surface area contributed by atoms with Gasteiger partial charge in [0.05, 0.1) is 12.2 Å². The van der Waals surface area contributed by atoms with Crippen LogP contribution in [0.2, 0.25) is 0 Å². The van der Waals surface area contributed by atoms with Gasteiger partial charge in [0.2, 0.25) is 5.91 Å². The molecule has 0 spiro atoms. The minimum absolute atomic E-state index is 0.00286. The third-order valence-corrected chi connectivity index (χ3v) is 5.31. The van der Waals surface area contributed by atoms with Gasteiger partial charge in [0, 0.05) is 12.4 Å². The molecule has 25 heavy (non-hydrogen) atoms. The zero-order valence-electron chi connectivity index (χ0n) is 14.5. The number of thiazole rings is 1. The normalized spacial score (nSPS) is 10.8. The van der Waals surface area contributed by atoms with Crippen molar-refractivity contribution in [2.75, 3.05) is 7.05 Å². The van der Waals surface area contributed by atoms with Gasteiger partial charge in [-0.05, 0) is 43.8 Å². The molecule has 3 rings (SSSR count). The Morgan fingerprint density at radius 2 is 1.92 bits per heavy atom. The van der Waals surface area contributed by atoms with E-state index in [4.69, 9.17) is 16.6 Å². The molecule has 0 N–H and O–H groups in total. The largest absolute Gasteiger partial charge is 0.464 e. The number of hydrogen-bond acceptors (Lipinski definition) is 4. The topological polar surface area (TPSA) is 38.4 Å². The standard InChI is InChI=1S/C19H20N2O2S2/c1-13-4-7-15(8-5-13)17-12-25-19(24)21(17)11-18(22)20(3)10-16-9-6-14(2)23-16/h4-9,12H,10-11H2,1-3H3. The molecule has 0 saturated carbocycles. The molecule has 130 valence electrons. The van der Waals surface area contributed by atoms with Crippen LogP contribution in [-0.4, -0.2) is 22.4 Å². The van der Waals surface area contributed by atoms with Crippen molar-refractivity contribution >= 4 is 29.5 Å². The Balaban J connectivity index is 1.78. The molecule has 2 heterocycles. The quantitative estimate of drug-likeness (QED) is 0.603. The maximum Gasteiger partial charge on any atom is 0.242 e. The fourth-order valence-corrected chi connectivity index (χ4v) is 3.65. The number of rotatable bonds is 5. The number of aryl methyl sites for hydroxylation is 2. The third kappa shape index (κ3) is 4.08. The van der Waals surface area contributed by atoms with Crippen molar-refractivity contribution in [3.8, 4) is 11.3 Å². The molecule has 0 bridgehead atoms. The van der Waals surface area contributed by atoms with Gasteiger partial charge < -0.3 is 13.9 Å². The molecule has 1 amide bonds. The molecule has 1 aromatic carbocycles. The SMILES string of the molecule is Cc1ccc(-c2csc(=S)n2CC(=O)N(C)Cc2ccc(C)o2)cc1. The van der Waals surface area contributed by atoms with Crippen molar-refractivity contribution < 1.29 is 9.21 Å². The Hall–Kier alpha value is -2.18. The Kier molecular flexibility index (Phi) is 5.20. The van der Waals surface area contributed by atoms with E-state index in [0.717, 1.165) is 22.8 Å². The first-order valence-corrected chi connectivity index (χ1v) is 9.27. The molecular weight excluding hydrogens is 352 g/mol. The lowest BCUT2D eigenvalue weighted by atomic mass is 10.1. The van der Waals surface area contributed by atoms with Crippen LogP contribution in [0.5, 0.6) is 0 Å². The maximum atomic E-state index is 12.6. The molecular formula is C19H20N2O2S2. The van der Waals surface area contributed by atoms with Crippen molar-refractivity contribution in [1.29, 1.82) is 0 Å². The van der Waals surface area contributed by atoms with Crippen LogP contribution < -0.4 is 0 Å². The maximum absolute atomic E-state index is 12.6. The van der Waals surface area contributed by atoms with E-state index in [1.165, 1.54) is 16.9 Å². The highest BCUT2D eigenvalue weighted by atomic mass is 32.1. The number of carbonyl (C=O) groups excluding carboxylic acids is 1. The zero-order valence-corrected chi connectivity index (χ0v) is 16.1. The van der Waals surface area contributed by atoms with Crippen LogP contribution >= 0.6 is 23.6 Å². The second kappa shape index (κ2) is 7.37. The molecule has 0 saturated heterocycles. The Bertz CT molecular complexity index is 935. The Labute approximate surface area is 156 Å². The average Bonchev–Trinajstić information content (AvgIpc) is 3.15. The lowest BCUT2D eigenvalue weighted by molar-refractivity contribution is -0.131. The summed E-state index contributed by atoms with van der Waals surface area (Å²) in [7, 11) is 1.78. The van der Waals surface area contributed by atoms with E-state index in [1.807, 2.05) is 29.0 Å². The molecule has 0 unspecified atom stereocenters. The van der Waals surface area contributed by atoms with Gasteiger partial charge in [-0.15, -0.1) is 11.3 Å². The molecule has 4 nitrogen and oxygen atoms in total. The number of amides is 1. The summed E-state index contributed by atoms with van der Waals surface area (Å²) >= 11 is 6.91. The summed E-state index contributed by atoms with van der Waals surface area (Å²) in [5.74, 6) is 1.62. The first-order valence-electron chi connectivity index (χ1n) is 7.98. The van der Waals surface area contributed by atoms with Crippen LogP contribution in [0.15, 0.2) is 46.2 Å². The van der Waals surface area contributed by atoms with Gasteiger partial charge in [-0.25, -0.2) is 0 Å². The number of hydrogen-bond donors (Lipinski definition) is 0. The third-order valence-electron chi connectivity index (χ3n) is 4.04.